The van der Waals surface area contributed by atoms with E-state index < -0.39 is 0 Å². The van der Waals surface area contributed by atoms with Crippen LogP contribution < -0.4 is 5.32 Å². The van der Waals surface area contributed by atoms with E-state index in [4.69, 9.17) is 5.11 Å². The van der Waals surface area contributed by atoms with Gasteiger partial charge in [-0.3, -0.25) is 0 Å². The molecule has 1 aliphatic rings. The normalized spacial score (nSPS) is 12.6. The highest BCUT2D eigenvalue weighted by atomic mass is 32.2. The van der Waals surface area contributed by atoms with Gasteiger partial charge in [-0.2, -0.15) is 0 Å². The van der Waals surface area contributed by atoms with Gasteiger partial charge in [-0.1, -0.05) is 17.8 Å². The second kappa shape index (κ2) is 3.81. The average Bonchev–Trinajstić information content (AvgIpc) is 2.35. The molecule has 80 valence electrons. The lowest BCUT2D eigenvalue weighted by atomic mass is 10.2. The number of hydrogen-bond acceptors (Lipinski definition) is 4. The van der Waals surface area contributed by atoms with Crippen LogP contribution in [0.15, 0.2) is 46.3 Å². The summed E-state index contributed by atoms with van der Waals surface area (Å²) in [4.78, 5) is 6.57. The molecular formula is C12H10N2OS. The minimum atomic E-state index is 0.0642. The van der Waals surface area contributed by atoms with Gasteiger partial charge in [-0.05, 0) is 29.8 Å². The van der Waals surface area contributed by atoms with Crippen LogP contribution >= 0.6 is 11.8 Å². The number of benzene rings is 1. The van der Waals surface area contributed by atoms with Crippen molar-refractivity contribution >= 4 is 23.3 Å². The predicted octanol–water partition coefficient (Wildman–Crippen LogP) is 2.78. The number of rotatable bonds is 1. The van der Waals surface area contributed by atoms with E-state index >= 15 is 0 Å². The third kappa shape index (κ3) is 1.56. The molecule has 4 heteroatoms. The molecule has 0 saturated heterocycles. The van der Waals surface area contributed by atoms with E-state index in [9.17, 15) is 0 Å². The predicted molar refractivity (Wildman–Crippen MR) is 64.0 cm³/mol. The third-order valence-electron chi connectivity index (χ3n) is 2.47. The molecule has 0 spiro atoms. The summed E-state index contributed by atoms with van der Waals surface area (Å²) in [5.74, 6) is 0.884. The van der Waals surface area contributed by atoms with Gasteiger partial charge in [0.15, 0.2) is 0 Å². The quantitative estimate of drug-likeness (QED) is 0.674. The number of hydrogen-bond donors (Lipinski definition) is 2. The van der Waals surface area contributed by atoms with Gasteiger partial charge in [0.05, 0.1) is 17.2 Å². The van der Waals surface area contributed by atoms with Crippen molar-refractivity contribution in [3.8, 4) is 0 Å². The van der Waals surface area contributed by atoms with Crippen LogP contribution in [0.1, 0.15) is 5.56 Å². The zero-order chi connectivity index (χ0) is 11.0. The van der Waals surface area contributed by atoms with Gasteiger partial charge >= 0.3 is 0 Å². The minimum absolute atomic E-state index is 0.0642. The molecule has 2 N–H and O–H groups in total. The number of fused-ring (bicyclic) bond motifs is 2. The first-order valence-corrected chi connectivity index (χ1v) is 5.82. The summed E-state index contributed by atoms with van der Waals surface area (Å²) < 4.78 is 0. The van der Waals surface area contributed by atoms with Gasteiger partial charge in [0.2, 0.25) is 0 Å². The molecular weight excluding hydrogens is 220 g/mol. The molecule has 1 aromatic carbocycles. The molecule has 0 amide bonds. The molecule has 0 atom stereocenters. The molecule has 0 fully saturated rings. The van der Waals surface area contributed by atoms with Gasteiger partial charge in [-0.15, -0.1) is 0 Å². The molecule has 0 radical (unpaired) electrons. The van der Waals surface area contributed by atoms with Crippen molar-refractivity contribution in [1.82, 2.24) is 4.98 Å². The first kappa shape index (κ1) is 9.69. The highest BCUT2D eigenvalue weighted by molar-refractivity contribution is 7.99. The van der Waals surface area contributed by atoms with E-state index in [-0.39, 0.29) is 6.61 Å². The van der Waals surface area contributed by atoms with Crippen LogP contribution in [-0.4, -0.2) is 10.1 Å². The maximum Gasteiger partial charge on any atom is 0.144 e. The molecule has 3 nitrogen and oxygen atoms in total. The zero-order valence-corrected chi connectivity index (χ0v) is 9.29. The summed E-state index contributed by atoms with van der Waals surface area (Å²) >= 11 is 1.70. The number of pyridine rings is 1. The summed E-state index contributed by atoms with van der Waals surface area (Å²) in [5, 5.41) is 12.4. The Morgan fingerprint density at radius 2 is 2.19 bits per heavy atom. The smallest absolute Gasteiger partial charge is 0.144 e. The Balaban J connectivity index is 2.05. The Kier molecular flexibility index (Phi) is 2.31. The van der Waals surface area contributed by atoms with E-state index in [1.54, 1.807) is 18.0 Å². The topological polar surface area (TPSA) is 45.1 Å². The van der Waals surface area contributed by atoms with Crippen LogP contribution in [0.4, 0.5) is 11.5 Å². The Hall–Kier alpha value is -1.52. The SMILES string of the molecule is OCc1ccc2c(c1)Nc1ncccc1S2. The number of nitrogens with one attached hydrogen (secondary N) is 1. The van der Waals surface area contributed by atoms with Crippen molar-refractivity contribution < 1.29 is 5.11 Å². The third-order valence-corrected chi connectivity index (χ3v) is 3.60. The van der Waals surface area contributed by atoms with Crippen molar-refractivity contribution in [2.45, 2.75) is 16.4 Å². The lowest BCUT2D eigenvalue weighted by Gasteiger charge is -2.19. The number of aliphatic hydroxyl groups excluding tert-OH is 1. The monoisotopic (exact) mass is 230 g/mol. The molecule has 0 aliphatic carbocycles. The minimum Gasteiger partial charge on any atom is -0.392 e. The maximum absolute atomic E-state index is 9.08. The van der Waals surface area contributed by atoms with Crippen molar-refractivity contribution in [2.75, 3.05) is 5.32 Å². The van der Waals surface area contributed by atoms with E-state index in [0.717, 1.165) is 26.9 Å². The molecule has 16 heavy (non-hydrogen) atoms. The second-order valence-electron chi connectivity index (χ2n) is 3.57. The molecule has 0 saturated carbocycles. The molecule has 2 aromatic rings. The van der Waals surface area contributed by atoms with Crippen LogP contribution in [0, 0.1) is 0 Å². The van der Waals surface area contributed by atoms with Crippen LogP contribution in [-0.2, 0) is 6.61 Å². The van der Waals surface area contributed by atoms with Gasteiger partial charge in [0, 0.05) is 11.1 Å². The highest BCUT2D eigenvalue weighted by Crippen LogP contribution is 2.43. The van der Waals surface area contributed by atoms with Gasteiger partial charge in [0.25, 0.3) is 0 Å². The molecule has 1 aliphatic heterocycles. The van der Waals surface area contributed by atoms with E-state index in [0.29, 0.717) is 0 Å². The summed E-state index contributed by atoms with van der Waals surface area (Å²) in [6, 6.07) is 9.90. The van der Waals surface area contributed by atoms with Crippen molar-refractivity contribution in [3.63, 3.8) is 0 Å². The van der Waals surface area contributed by atoms with Gasteiger partial charge < -0.3 is 10.4 Å². The van der Waals surface area contributed by atoms with Crippen molar-refractivity contribution in [2.24, 2.45) is 0 Å². The second-order valence-corrected chi connectivity index (χ2v) is 4.65. The van der Waals surface area contributed by atoms with Crippen molar-refractivity contribution in [3.05, 3.63) is 42.1 Å². The number of aliphatic hydroxyl groups is 1. The number of anilines is 2. The summed E-state index contributed by atoms with van der Waals surface area (Å²) in [6.45, 7) is 0.0642. The first-order valence-electron chi connectivity index (χ1n) is 5.00. The highest BCUT2D eigenvalue weighted by Gasteiger charge is 2.15. The molecule has 3 rings (SSSR count). The lowest BCUT2D eigenvalue weighted by molar-refractivity contribution is 0.282. The average molecular weight is 230 g/mol. The number of aromatic nitrogens is 1. The standard InChI is InChI=1S/C12H10N2OS/c15-7-8-3-4-10-9(6-8)14-12-11(16-10)2-1-5-13-12/h1-6,15H,7H2,(H,13,14). The fourth-order valence-electron chi connectivity index (χ4n) is 1.67. The van der Waals surface area contributed by atoms with Crippen molar-refractivity contribution in [1.29, 1.82) is 0 Å². The van der Waals surface area contributed by atoms with Crippen LogP contribution in [0.3, 0.4) is 0 Å². The van der Waals surface area contributed by atoms with Gasteiger partial charge in [-0.25, -0.2) is 4.98 Å². The largest absolute Gasteiger partial charge is 0.392 e. The molecule has 0 bridgehead atoms. The van der Waals surface area contributed by atoms with E-state index in [1.165, 1.54) is 0 Å². The Bertz CT molecular complexity index is 542. The van der Waals surface area contributed by atoms with Crippen LogP contribution in [0.2, 0.25) is 0 Å². The number of nitrogens with zero attached hydrogens (tertiary/aromatic N) is 1. The Morgan fingerprint density at radius 3 is 3.06 bits per heavy atom. The Morgan fingerprint density at radius 1 is 1.25 bits per heavy atom. The molecule has 0 unspecified atom stereocenters. The molecule has 1 aromatic heterocycles. The van der Waals surface area contributed by atoms with Crippen LogP contribution in [0.25, 0.3) is 0 Å². The lowest BCUT2D eigenvalue weighted by Crippen LogP contribution is -2.02. The van der Waals surface area contributed by atoms with E-state index in [2.05, 4.69) is 10.3 Å². The fourth-order valence-corrected chi connectivity index (χ4v) is 2.61. The van der Waals surface area contributed by atoms with Gasteiger partial charge in [0.1, 0.15) is 5.82 Å². The van der Waals surface area contributed by atoms with E-state index in [1.807, 2.05) is 30.3 Å². The first-order chi connectivity index (χ1) is 7.86. The summed E-state index contributed by atoms with van der Waals surface area (Å²) in [7, 11) is 0. The van der Waals surface area contributed by atoms with Crippen LogP contribution in [0.5, 0.6) is 0 Å². The zero-order valence-electron chi connectivity index (χ0n) is 8.47. The summed E-state index contributed by atoms with van der Waals surface area (Å²) in [5.41, 5.74) is 1.92. The fraction of sp³-hybridized carbons (Fsp3) is 0.0833. The summed E-state index contributed by atoms with van der Waals surface area (Å²) in [6.07, 6.45) is 1.77. The molecule has 2 heterocycles. The maximum atomic E-state index is 9.08. The Labute approximate surface area is 97.5 Å².